The van der Waals surface area contributed by atoms with Crippen molar-refractivity contribution >= 4 is 21.6 Å². The maximum absolute atomic E-state index is 5.34. The molecule has 3 heteroatoms. The van der Waals surface area contributed by atoms with Crippen molar-refractivity contribution in [3.63, 3.8) is 0 Å². The highest BCUT2D eigenvalue weighted by Crippen LogP contribution is 2.24. The predicted molar refractivity (Wildman–Crippen MR) is 74.5 cm³/mol. The number of methoxy groups -OCH3 is 1. The summed E-state index contributed by atoms with van der Waals surface area (Å²) < 4.78 is 6.37. The molecule has 0 fully saturated rings. The Kier molecular flexibility index (Phi) is 4.04. The fourth-order valence-electron chi connectivity index (χ4n) is 1.62. The van der Waals surface area contributed by atoms with E-state index in [0.717, 1.165) is 28.0 Å². The van der Waals surface area contributed by atoms with Gasteiger partial charge in [0, 0.05) is 22.3 Å². The average molecular weight is 292 g/mol. The van der Waals surface area contributed by atoms with E-state index in [9.17, 15) is 0 Å². The third kappa shape index (κ3) is 3.24. The summed E-state index contributed by atoms with van der Waals surface area (Å²) in [6, 6.07) is 16.2. The Morgan fingerprint density at radius 3 is 2.59 bits per heavy atom. The van der Waals surface area contributed by atoms with E-state index in [1.165, 1.54) is 0 Å². The molecule has 2 aromatic carbocycles. The average Bonchev–Trinajstić information content (AvgIpc) is 2.38. The third-order valence-electron chi connectivity index (χ3n) is 2.51. The first-order chi connectivity index (χ1) is 8.29. The van der Waals surface area contributed by atoms with Gasteiger partial charge in [0.05, 0.1) is 7.11 Å². The molecule has 17 heavy (non-hydrogen) atoms. The van der Waals surface area contributed by atoms with Crippen LogP contribution in [0.15, 0.2) is 53.0 Å². The van der Waals surface area contributed by atoms with Gasteiger partial charge in [0.25, 0.3) is 0 Å². The van der Waals surface area contributed by atoms with Gasteiger partial charge in [0.15, 0.2) is 0 Å². The Balaban J connectivity index is 2.09. The van der Waals surface area contributed by atoms with Gasteiger partial charge in [-0.2, -0.15) is 0 Å². The topological polar surface area (TPSA) is 21.3 Å². The highest BCUT2D eigenvalue weighted by Gasteiger charge is 2.03. The zero-order valence-electron chi connectivity index (χ0n) is 9.61. The smallest absolute Gasteiger partial charge is 0.124 e. The molecule has 0 amide bonds. The van der Waals surface area contributed by atoms with Crippen LogP contribution in [0.2, 0.25) is 0 Å². The number of nitrogens with one attached hydrogen (secondary N) is 1. The zero-order chi connectivity index (χ0) is 12.1. The molecule has 0 aliphatic rings. The molecular formula is C14H14BrNO. The molecule has 0 saturated carbocycles. The van der Waals surface area contributed by atoms with Crippen LogP contribution in [0.5, 0.6) is 5.75 Å². The predicted octanol–water partition coefficient (Wildman–Crippen LogP) is 4.07. The molecule has 0 heterocycles. The summed E-state index contributed by atoms with van der Waals surface area (Å²) in [7, 11) is 1.69. The molecule has 88 valence electrons. The number of benzene rings is 2. The standard InChI is InChI=1S/C14H14BrNO/c1-17-14-9-12(15)8-7-11(14)10-16-13-5-3-2-4-6-13/h2-9,16H,10H2,1H3. The number of hydrogen-bond acceptors (Lipinski definition) is 2. The van der Waals surface area contributed by atoms with E-state index in [4.69, 9.17) is 4.74 Å². The van der Waals surface area contributed by atoms with Crippen molar-refractivity contribution in [2.45, 2.75) is 6.54 Å². The van der Waals surface area contributed by atoms with Gasteiger partial charge in [-0.3, -0.25) is 0 Å². The monoisotopic (exact) mass is 291 g/mol. The quantitative estimate of drug-likeness (QED) is 0.917. The molecule has 2 nitrogen and oxygen atoms in total. The number of rotatable bonds is 4. The summed E-state index contributed by atoms with van der Waals surface area (Å²) in [5.41, 5.74) is 2.25. The van der Waals surface area contributed by atoms with Crippen LogP contribution in [0.1, 0.15) is 5.56 Å². The van der Waals surface area contributed by atoms with Gasteiger partial charge in [0.1, 0.15) is 5.75 Å². The van der Waals surface area contributed by atoms with Gasteiger partial charge in [-0.1, -0.05) is 40.2 Å². The summed E-state index contributed by atoms with van der Waals surface area (Å²) in [4.78, 5) is 0. The Morgan fingerprint density at radius 1 is 1.12 bits per heavy atom. The first kappa shape index (κ1) is 12.0. The fourth-order valence-corrected chi connectivity index (χ4v) is 1.96. The van der Waals surface area contributed by atoms with Crippen molar-refractivity contribution in [1.82, 2.24) is 0 Å². The highest BCUT2D eigenvalue weighted by atomic mass is 79.9. The van der Waals surface area contributed by atoms with Crippen LogP contribution in [0, 0.1) is 0 Å². The van der Waals surface area contributed by atoms with E-state index in [2.05, 4.69) is 27.3 Å². The highest BCUT2D eigenvalue weighted by molar-refractivity contribution is 9.10. The molecule has 0 aliphatic heterocycles. The van der Waals surface area contributed by atoms with Gasteiger partial charge in [0.2, 0.25) is 0 Å². The molecule has 0 aliphatic carbocycles. The molecule has 1 N–H and O–H groups in total. The van der Waals surface area contributed by atoms with Crippen LogP contribution in [0.25, 0.3) is 0 Å². The van der Waals surface area contributed by atoms with Crippen LogP contribution in [0.4, 0.5) is 5.69 Å². The minimum Gasteiger partial charge on any atom is -0.496 e. The first-order valence-electron chi connectivity index (χ1n) is 5.41. The summed E-state index contributed by atoms with van der Waals surface area (Å²) in [6.45, 7) is 0.750. The Morgan fingerprint density at radius 2 is 1.88 bits per heavy atom. The number of hydrogen-bond donors (Lipinski definition) is 1. The molecular weight excluding hydrogens is 278 g/mol. The van der Waals surface area contributed by atoms with Gasteiger partial charge in [-0.25, -0.2) is 0 Å². The second-order valence-electron chi connectivity index (χ2n) is 3.68. The number of ether oxygens (including phenoxy) is 1. The van der Waals surface area contributed by atoms with Crippen molar-refractivity contribution in [2.75, 3.05) is 12.4 Å². The van der Waals surface area contributed by atoms with E-state index in [0.29, 0.717) is 0 Å². The first-order valence-corrected chi connectivity index (χ1v) is 6.20. The molecule has 0 radical (unpaired) electrons. The Bertz CT molecular complexity index is 485. The minimum absolute atomic E-state index is 0.750. The van der Waals surface area contributed by atoms with Gasteiger partial charge < -0.3 is 10.1 Å². The van der Waals surface area contributed by atoms with E-state index in [-0.39, 0.29) is 0 Å². The maximum Gasteiger partial charge on any atom is 0.124 e. The Labute approximate surface area is 110 Å². The fraction of sp³-hybridized carbons (Fsp3) is 0.143. The van der Waals surface area contributed by atoms with Crippen LogP contribution in [-0.2, 0) is 6.54 Å². The second-order valence-corrected chi connectivity index (χ2v) is 4.59. The van der Waals surface area contributed by atoms with E-state index in [1.807, 2.05) is 42.5 Å². The lowest BCUT2D eigenvalue weighted by Crippen LogP contribution is -2.01. The van der Waals surface area contributed by atoms with Crippen LogP contribution in [-0.4, -0.2) is 7.11 Å². The van der Waals surface area contributed by atoms with E-state index in [1.54, 1.807) is 7.11 Å². The lowest BCUT2D eigenvalue weighted by molar-refractivity contribution is 0.410. The largest absolute Gasteiger partial charge is 0.496 e. The summed E-state index contributed by atoms with van der Waals surface area (Å²) in [5, 5.41) is 3.36. The lowest BCUT2D eigenvalue weighted by Gasteiger charge is -2.10. The molecule has 0 spiro atoms. The van der Waals surface area contributed by atoms with Crippen LogP contribution in [0.3, 0.4) is 0 Å². The van der Waals surface area contributed by atoms with Crippen molar-refractivity contribution in [3.05, 3.63) is 58.6 Å². The van der Waals surface area contributed by atoms with Crippen molar-refractivity contribution in [1.29, 1.82) is 0 Å². The normalized spacial score (nSPS) is 10.0. The molecule has 0 atom stereocenters. The van der Waals surface area contributed by atoms with E-state index >= 15 is 0 Å². The van der Waals surface area contributed by atoms with Crippen molar-refractivity contribution in [3.8, 4) is 5.75 Å². The van der Waals surface area contributed by atoms with Gasteiger partial charge in [-0.05, 0) is 24.3 Å². The summed E-state index contributed by atoms with van der Waals surface area (Å²) >= 11 is 3.43. The Hall–Kier alpha value is -1.48. The zero-order valence-corrected chi connectivity index (χ0v) is 11.2. The van der Waals surface area contributed by atoms with Gasteiger partial charge in [-0.15, -0.1) is 0 Å². The molecule has 0 saturated heterocycles. The van der Waals surface area contributed by atoms with Gasteiger partial charge >= 0.3 is 0 Å². The van der Waals surface area contributed by atoms with E-state index < -0.39 is 0 Å². The lowest BCUT2D eigenvalue weighted by atomic mass is 10.2. The maximum atomic E-state index is 5.34. The molecule has 0 bridgehead atoms. The molecule has 0 unspecified atom stereocenters. The number of halogens is 1. The molecule has 2 aromatic rings. The summed E-state index contributed by atoms with van der Waals surface area (Å²) in [5.74, 6) is 0.891. The van der Waals surface area contributed by atoms with Crippen LogP contribution < -0.4 is 10.1 Å². The molecule has 0 aromatic heterocycles. The van der Waals surface area contributed by atoms with Crippen molar-refractivity contribution < 1.29 is 4.74 Å². The number of anilines is 1. The minimum atomic E-state index is 0.750. The van der Waals surface area contributed by atoms with Crippen molar-refractivity contribution in [2.24, 2.45) is 0 Å². The SMILES string of the molecule is COc1cc(Br)ccc1CNc1ccccc1. The van der Waals surface area contributed by atoms with Crippen LogP contribution >= 0.6 is 15.9 Å². The summed E-state index contributed by atoms with van der Waals surface area (Å²) in [6.07, 6.45) is 0. The number of para-hydroxylation sites is 1. The second kappa shape index (κ2) is 5.73. The third-order valence-corrected chi connectivity index (χ3v) is 3.00. The molecule has 2 rings (SSSR count).